The van der Waals surface area contributed by atoms with Crippen molar-refractivity contribution in [3.8, 4) is 0 Å². The molecule has 6 heterocycles. The number of rotatable bonds is 21. The second-order valence-electron chi connectivity index (χ2n) is 12.2. The third-order valence-corrected chi connectivity index (χ3v) is 11.8. The lowest BCUT2D eigenvalue weighted by Gasteiger charge is -2.19. The van der Waals surface area contributed by atoms with E-state index in [-0.39, 0.29) is 41.2 Å². The topological polar surface area (TPSA) is 466 Å². The zero-order valence-electron chi connectivity index (χ0n) is 33.7. The first-order valence-electron chi connectivity index (χ1n) is 17.9. The summed E-state index contributed by atoms with van der Waals surface area (Å²) < 4.78 is 63.4. The monoisotopic (exact) mass is 1050 g/mol. The molecule has 0 bridgehead atoms. The molecule has 2 aliphatic heterocycles. The van der Waals surface area contributed by atoms with Crippen molar-refractivity contribution in [2.45, 2.75) is 49.7 Å². The Labute approximate surface area is 373 Å². The highest BCUT2D eigenvalue weighted by atomic mass is 31.3. The number of phosphoric ester groups is 1. The Balaban J connectivity index is 0.000000307. The second kappa shape index (κ2) is 26.9. The van der Waals surface area contributed by atoms with E-state index in [4.69, 9.17) is 34.5 Å². The summed E-state index contributed by atoms with van der Waals surface area (Å²) in [5, 5.41) is 58.9. The Morgan fingerprint density at radius 3 is 1.70 bits per heavy atom. The number of phosphoric acid groups is 3. The predicted octanol–water partition coefficient (Wildman–Crippen LogP) is -0.517. The summed E-state index contributed by atoms with van der Waals surface area (Å²) in [6.45, 7) is 8.69. The van der Waals surface area contributed by atoms with Gasteiger partial charge >= 0.3 is 23.5 Å². The molecule has 4 aromatic rings. The maximum Gasteiger partial charge on any atom is 0.490 e. The third kappa shape index (κ3) is 17.3. The van der Waals surface area contributed by atoms with Crippen LogP contribution in [0.5, 0.6) is 0 Å². The average Bonchev–Trinajstić information content (AvgIpc) is 4.05. The number of imidazole rings is 2. The van der Waals surface area contributed by atoms with Crippen molar-refractivity contribution in [3.63, 3.8) is 0 Å². The first-order valence-corrected chi connectivity index (χ1v) is 24.0. The van der Waals surface area contributed by atoms with Crippen LogP contribution in [0.2, 0.25) is 0 Å². The van der Waals surface area contributed by atoms with E-state index >= 15 is 0 Å². The van der Waals surface area contributed by atoms with Crippen LogP contribution in [0.15, 0.2) is 47.6 Å². The molecule has 4 aromatic heterocycles. The highest BCUT2D eigenvalue weighted by Gasteiger charge is 2.43. The third-order valence-electron chi connectivity index (χ3n) is 7.87. The van der Waals surface area contributed by atoms with Crippen molar-refractivity contribution in [2.75, 3.05) is 43.6 Å². The molecule has 39 heteroatoms. The van der Waals surface area contributed by atoms with Crippen LogP contribution in [0, 0.1) is 0 Å². The van der Waals surface area contributed by atoms with Crippen molar-refractivity contribution >= 4 is 76.4 Å². The summed E-state index contributed by atoms with van der Waals surface area (Å²) in [4.78, 5) is 81.6. The predicted molar refractivity (Wildman–Crippen MR) is 224 cm³/mol. The number of aromatic nitrogens is 8. The molecule has 372 valence electrons. The molecule has 2 saturated heterocycles. The lowest BCUT2D eigenvalue weighted by Crippen LogP contribution is -2.26. The Hall–Kier alpha value is -3.43. The van der Waals surface area contributed by atoms with Gasteiger partial charge in [0.1, 0.15) is 24.7 Å². The number of aromatic amines is 2. The van der Waals surface area contributed by atoms with Gasteiger partial charge in [-0.3, -0.25) is 33.2 Å². The molecule has 2 fully saturated rings. The van der Waals surface area contributed by atoms with E-state index in [1.807, 2.05) is 6.66 Å². The molecule has 66 heavy (non-hydrogen) atoms. The van der Waals surface area contributed by atoms with Gasteiger partial charge in [0, 0.05) is 35.4 Å². The van der Waals surface area contributed by atoms with E-state index in [0.717, 1.165) is 0 Å². The number of nitrogens with one attached hydrogen (secondary N) is 4. The number of hydrogen-bond donors (Lipinski definition) is 12. The van der Waals surface area contributed by atoms with E-state index in [0.29, 0.717) is 31.1 Å². The van der Waals surface area contributed by atoms with E-state index in [1.165, 1.54) is 17.2 Å². The van der Waals surface area contributed by atoms with Gasteiger partial charge in [0.15, 0.2) is 22.3 Å². The number of ether oxygens (including phenoxy) is 2. The van der Waals surface area contributed by atoms with Gasteiger partial charge in [0.25, 0.3) is 11.1 Å². The number of fused-ring (bicyclic) bond motifs is 2. The summed E-state index contributed by atoms with van der Waals surface area (Å²) in [5.74, 6) is 0.429. The lowest BCUT2D eigenvalue weighted by molar-refractivity contribution is -0.778. The standard InChI is InChI=1S/C13H20N5O13P3.C13H17N5O4.CH5P.H3O7P/c1-2-3-14-13-16-11-10(12(20)17-13)15-6-18(11)9-4-7(19)8(29-9)5-28-33(24,25)31-34(26,27)30-32(21,22)23;1-2-3-14-13-16-11-10(12(21)17-13)15-6-18(11)9-4-7(20)8(5-19)22-9;1-2;1-2-3-4-5-6-7-8/h2,6-9,19H,1,3-5H2,(H,24,25)(H,26,27)(H2,21,22,23)(H2,14,16,17,20);2,6-9,19-20H,1,3-5H2,(H2,14,16,17,21);2H2,1H3;1H,8H2/t2*7-,8-,9-;;/m11../s1. The molecular weight excluding hydrogens is 1000 g/mol. The van der Waals surface area contributed by atoms with E-state index in [1.54, 1.807) is 26.2 Å². The number of H-pyrrole nitrogens is 2. The van der Waals surface area contributed by atoms with E-state index < -0.39 is 72.5 Å². The molecule has 0 amide bonds. The Bertz CT molecular complexity index is 2430. The van der Waals surface area contributed by atoms with Crippen LogP contribution in [0.3, 0.4) is 0 Å². The fourth-order valence-electron chi connectivity index (χ4n) is 5.39. The fourth-order valence-corrected chi connectivity index (χ4v) is 8.45. The number of aliphatic hydroxyl groups is 3. The quantitative estimate of drug-likeness (QED) is 0.0164. The molecular formula is C27H45N10O24P5. The largest absolute Gasteiger partial charge is 0.490 e. The lowest BCUT2D eigenvalue weighted by atomic mass is 10.2. The molecule has 0 radical (unpaired) electrons. The Kier molecular flexibility index (Phi) is 23.2. The van der Waals surface area contributed by atoms with Gasteiger partial charge in [-0.05, 0) is 25.2 Å². The summed E-state index contributed by atoms with van der Waals surface area (Å²) in [6, 6.07) is 0. The maximum absolute atomic E-state index is 12.2. The fraction of sp³-hybridized carbons (Fsp3) is 0.481. The Morgan fingerprint density at radius 2 is 1.27 bits per heavy atom. The molecule has 4 unspecified atom stereocenters. The highest BCUT2D eigenvalue weighted by molar-refractivity contribution is 7.66. The molecule has 0 aromatic carbocycles. The second-order valence-corrected chi connectivity index (χ2v) is 16.8. The first kappa shape index (κ1) is 56.9. The van der Waals surface area contributed by atoms with Crippen molar-refractivity contribution in [3.05, 3.63) is 58.7 Å². The summed E-state index contributed by atoms with van der Waals surface area (Å²) in [5.41, 5.74) is -0.272. The van der Waals surface area contributed by atoms with Gasteiger partial charge in [-0.25, -0.2) is 28.9 Å². The minimum Gasteiger partial charge on any atom is -0.394 e. The van der Waals surface area contributed by atoms with Crippen LogP contribution in [-0.2, 0) is 66.2 Å². The van der Waals surface area contributed by atoms with Crippen molar-refractivity contribution < 1.29 is 106 Å². The van der Waals surface area contributed by atoms with E-state index in [2.05, 4.69) is 106 Å². The number of hydrogen-bond acceptors (Lipinski definition) is 26. The van der Waals surface area contributed by atoms with Crippen molar-refractivity contribution in [1.29, 1.82) is 0 Å². The number of aliphatic hydroxyl groups excluding tert-OH is 3. The Morgan fingerprint density at radius 1 is 0.803 bits per heavy atom. The first-order chi connectivity index (χ1) is 31.2. The minimum atomic E-state index is -5.68. The van der Waals surface area contributed by atoms with Crippen molar-refractivity contribution in [1.82, 2.24) is 39.0 Å². The summed E-state index contributed by atoms with van der Waals surface area (Å²) >= 11 is 0. The number of anilines is 2. The normalized spacial score (nSPS) is 22.2. The van der Waals surface area contributed by atoms with Gasteiger partial charge in [0.05, 0.1) is 38.1 Å². The molecule has 6 rings (SSSR count). The minimum absolute atomic E-state index is 0.0149. The molecule has 0 aliphatic carbocycles. The number of nitrogens with zero attached hydrogens (tertiary/aromatic N) is 6. The zero-order chi connectivity index (χ0) is 49.2. The van der Waals surface area contributed by atoms with E-state index in [9.17, 15) is 38.4 Å². The summed E-state index contributed by atoms with van der Waals surface area (Å²) in [7, 11) is -12.5. The van der Waals surface area contributed by atoms with Gasteiger partial charge in [0.2, 0.25) is 11.9 Å². The van der Waals surface area contributed by atoms with Crippen LogP contribution in [0.25, 0.3) is 22.3 Å². The van der Waals surface area contributed by atoms with Crippen LogP contribution in [0.1, 0.15) is 25.3 Å². The van der Waals surface area contributed by atoms with Gasteiger partial charge < -0.3 is 55.0 Å². The molecule has 34 nitrogen and oxygen atoms in total. The van der Waals surface area contributed by atoms with Crippen molar-refractivity contribution in [2.24, 2.45) is 0 Å². The zero-order valence-corrected chi connectivity index (χ0v) is 38.7. The molecule has 10 atom stereocenters. The summed E-state index contributed by atoms with van der Waals surface area (Å²) in [6.07, 6.45) is 0.672. The molecule has 12 N–H and O–H groups in total. The van der Waals surface area contributed by atoms with Gasteiger partial charge in [-0.1, -0.05) is 18.8 Å². The molecule has 0 spiro atoms. The molecule has 2 aliphatic rings. The van der Waals surface area contributed by atoms with Gasteiger partial charge in [-0.2, -0.15) is 23.3 Å². The maximum atomic E-state index is 12.2. The van der Waals surface area contributed by atoms with Crippen LogP contribution < -0.4 is 21.8 Å². The SMILES string of the molecule is C=CCNc1nc2c(ncn2[C@H]2C[C@@H](O)[C@@H](CO)O2)c(=O)[nH]1.C=CCNc1nc2c(ncn2[C@H]2C[C@@H](O)[C@@H](COP(=O)(O)OP(=O)(O)OP(=O)(O)O)O2)c(=O)[nH]1.CP.OOOOOOOP. The molecule has 0 saturated carbocycles. The highest BCUT2D eigenvalue weighted by Crippen LogP contribution is 2.66. The van der Waals surface area contributed by atoms with Crippen LogP contribution in [-0.4, -0.2) is 137 Å². The smallest absolute Gasteiger partial charge is 0.394 e. The van der Waals surface area contributed by atoms with Crippen LogP contribution in [0.4, 0.5) is 11.9 Å². The van der Waals surface area contributed by atoms with Gasteiger partial charge in [-0.15, -0.1) is 22.4 Å². The average molecular weight is 1050 g/mol. The van der Waals surface area contributed by atoms with Crippen LogP contribution >= 0.6 is 42.2 Å².